The molecule has 0 unspecified atom stereocenters. The van der Waals surface area contributed by atoms with Crippen LogP contribution in [0.4, 0.5) is 15.9 Å². The Labute approximate surface area is 113 Å². The number of nitrogen functional groups attached to an aromatic ring is 1. The molecule has 6 nitrogen and oxygen atoms in total. The molecule has 0 radical (unpaired) electrons. The Morgan fingerprint density at radius 3 is 2.68 bits per heavy atom. The Kier molecular flexibility index (Phi) is 3.38. The zero-order valence-electron chi connectivity index (χ0n) is 9.65. The first-order valence-corrected chi connectivity index (χ1v) is 6.87. The van der Waals surface area contributed by atoms with Crippen molar-refractivity contribution in [1.82, 2.24) is 5.16 Å². The van der Waals surface area contributed by atoms with Crippen LogP contribution < -0.4 is 10.5 Å². The van der Waals surface area contributed by atoms with Gasteiger partial charge in [0.25, 0.3) is 10.0 Å². The Bertz CT molecular complexity index is 710. The minimum absolute atomic E-state index is 0.0133. The third-order valence-electron chi connectivity index (χ3n) is 2.28. The van der Waals surface area contributed by atoms with E-state index in [4.69, 9.17) is 17.3 Å². The largest absolute Gasteiger partial charge is 0.380 e. The summed E-state index contributed by atoms with van der Waals surface area (Å²) in [5.41, 5.74) is 5.16. The van der Waals surface area contributed by atoms with E-state index in [0.29, 0.717) is 0 Å². The molecule has 0 aliphatic heterocycles. The van der Waals surface area contributed by atoms with E-state index in [9.17, 15) is 12.8 Å². The molecule has 0 amide bonds. The van der Waals surface area contributed by atoms with Gasteiger partial charge in [-0.15, -0.1) is 0 Å². The number of sulfonamides is 1. The Balaban J connectivity index is 2.42. The maximum atomic E-state index is 13.5. The second kappa shape index (κ2) is 4.71. The maximum Gasteiger partial charge on any atom is 0.269 e. The van der Waals surface area contributed by atoms with Gasteiger partial charge in [0.2, 0.25) is 0 Å². The number of nitrogens with one attached hydrogen (secondary N) is 1. The quantitative estimate of drug-likeness (QED) is 0.905. The van der Waals surface area contributed by atoms with E-state index >= 15 is 0 Å². The van der Waals surface area contributed by atoms with Crippen molar-refractivity contribution in [1.29, 1.82) is 0 Å². The maximum absolute atomic E-state index is 13.5. The van der Waals surface area contributed by atoms with E-state index < -0.39 is 15.8 Å². The normalized spacial score (nSPS) is 11.5. The summed E-state index contributed by atoms with van der Waals surface area (Å²) < 4.78 is 44.4. The Morgan fingerprint density at radius 2 is 2.16 bits per heavy atom. The second-order valence-corrected chi connectivity index (χ2v) is 5.74. The number of benzene rings is 1. The number of nitrogens with zero attached hydrogens (tertiary/aromatic N) is 1. The third kappa shape index (κ3) is 2.64. The van der Waals surface area contributed by atoms with E-state index in [1.165, 1.54) is 19.1 Å². The molecule has 2 rings (SSSR count). The number of hydrogen-bond acceptors (Lipinski definition) is 5. The van der Waals surface area contributed by atoms with E-state index in [2.05, 4.69) is 14.4 Å². The second-order valence-electron chi connectivity index (χ2n) is 3.68. The van der Waals surface area contributed by atoms with Crippen LogP contribution in [0.25, 0.3) is 0 Å². The van der Waals surface area contributed by atoms with Gasteiger partial charge in [-0.2, -0.15) is 0 Å². The van der Waals surface area contributed by atoms with Gasteiger partial charge < -0.3 is 10.3 Å². The lowest BCUT2D eigenvalue weighted by atomic mass is 10.3. The minimum atomic E-state index is -4.08. The van der Waals surface area contributed by atoms with Crippen LogP contribution in [-0.2, 0) is 10.0 Å². The van der Waals surface area contributed by atoms with Gasteiger partial charge in [-0.1, -0.05) is 16.8 Å². The average Bonchev–Trinajstić information content (AvgIpc) is 2.63. The van der Waals surface area contributed by atoms with E-state index in [1.54, 1.807) is 0 Å². The molecule has 0 saturated carbocycles. The van der Waals surface area contributed by atoms with Crippen molar-refractivity contribution in [2.75, 3.05) is 10.5 Å². The fourth-order valence-electron chi connectivity index (χ4n) is 1.48. The predicted octanol–water partition coefficient (Wildman–Crippen LogP) is 2.16. The molecule has 3 N–H and O–H groups in total. The summed E-state index contributed by atoms with van der Waals surface area (Å²) in [4.78, 5) is -0.318. The molecule has 1 heterocycles. The smallest absolute Gasteiger partial charge is 0.269 e. The summed E-state index contributed by atoms with van der Waals surface area (Å²) in [6.45, 7) is 1.39. The van der Waals surface area contributed by atoms with Crippen molar-refractivity contribution in [3.63, 3.8) is 0 Å². The first-order chi connectivity index (χ1) is 8.81. The van der Waals surface area contributed by atoms with Crippen LogP contribution in [-0.4, -0.2) is 13.6 Å². The monoisotopic (exact) mass is 305 g/mol. The molecule has 2 aromatic rings. The number of hydrogen-bond donors (Lipinski definition) is 2. The van der Waals surface area contributed by atoms with Crippen LogP contribution in [0.15, 0.2) is 27.6 Å². The summed E-state index contributed by atoms with van der Waals surface area (Å²) in [6, 6.07) is 3.55. The molecule has 0 aliphatic rings. The molecule has 0 fully saturated rings. The summed E-state index contributed by atoms with van der Waals surface area (Å²) in [7, 11) is -4.08. The number of aryl methyl sites for hydroxylation is 1. The highest BCUT2D eigenvalue weighted by Crippen LogP contribution is 2.26. The summed E-state index contributed by atoms with van der Waals surface area (Å²) >= 11 is 5.58. The van der Waals surface area contributed by atoms with Crippen LogP contribution in [0.3, 0.4) is 0 Å². The molecular weight excluding hydrogens is 297 g/mol. The van der Waals surface area contributed by atoms with Gasteiger partial charge in [0.15, 0.2) is 16.5 Å². The lowest BCUT2D eigenvalue weighted by Crippen LogP contribution is -2.15. The highest BCUT2D eigenvalue weighted by atomic mass is 35.5. The molecule has 0 spiro atoms. The van der Waals surface area contributed by atoms with E-state index in [1.807, 2.05) is 0 Å². The fraction of sp³-hybridized carbons (Fsp3) is 0.100. The van der Waals surface area contributed by atoms with Gasteiger partial charge in [0, 0.05) is 5.02 Å². The van der Waals surface area contributed by atoms with Crippen molar-refractivity contribution >= 4 is 33.1 Å². The van der Waals surface area contributed by atoms with Crippen LogP contribution in [0.2, 0.25) is 5.02 Å². The van der Waals surface area contributed by atoms with Crippen LogP contribution in [0.5, 0.6) is 0 Å². The molecular formula is C10H9ClFN3O3S. The average molecular weight is 306 g/mol. The van der Waals surface area contributed by atoms with Gasteiger partial charge in [0.1, 0.15) is 5.82 Å². The standard InChI is InChI=1S/C10H9ClFN3O3S/c1-5-9(10(13)14-18-5)19(16,17)15-8-3-2-6(11)4-7(8)12/h2-4,15H,1H3,(H2,13,14). The van der Waals surface area contributed by atoms with Gasteiger partial charge in [0.05, 0.1) is 5.69 Å². The summed E-state index contributed by atoms with van der Waals surface area (Å²) in [5, 5.41) is 3.48. The number of nitrogens with two attached hydrogens (primary N) is 1. The van der Waals surface area contributed by atoms with Gasteiger partial charge >= 0.3 is 0 Å². The number of rotatable bonds is 3. The lowest BCUT2D eigenvalue weighted by molar-refractivity contribution is 0.396. The zero-order chi connectivity index (χ0) is 14.2. The zero-order valence-corrected chi connectivity index (χ0v) is 11.2. The van der Waals surface area contributed by atoms with Crippen LogP contribution in [0.1, 0.15) is 5.76 Å². The molecule has 0 atom stereocenters. The molecule has 1 aromatic heterocycles. The Morgan fingerprint density at radius 1 is 1.47 bits per heavy atom. The van der Waals surface area contributed by atoms with Crippen molar-refractivity contribution in [2.45, 2.75) is 11.8 Å². The van der Waals surface area contributed by atoms with Gasteiger partial charge in [-0.05, 0) is 25.1 Å². The number of halogens is 2. The first kappa shape index (κ1) is 13.6. The molecule has 1 aromatic carbocycles. The topological polar surface area (TPSA) is 98.2 Å². The predicted molar refractivity (Wildman–Crippen MR) is 67.9 cm³/mol. The van der Waals surface area contributed by atoms with Crippen LogP contribution >= 0.6 is 11.6 Å². The van der Waals surface area contributed by atoms with E-state index in [0.717, 1.165) is 6.07 Å². The number of anilines is 2. The van der Waals surface area contributed by atoms with Crippen molar-refractivity contribution in [2.24, 2.45) is 0 Å². The molecule has 9 heteroatoms. The number of aromatic nitrogens is 1. The molecule has 102 valence electrons. The van der Waals surface area contributed by atoms with Crippen molar-refractivity contribution < 1.29 is 17.3 Å². The third-order valence-corrected chi connectivity index (χ3v) is 4.04. The fourth-order valence-corrected chi connectivity index (χ4v) is 2.92. The summed E-state index contributed by atoms with van der Waals surface area (Å²) in [6.07, 6.45) is 0. The lowest BCUT2D eigenvalue weighted by Gasteiger charge is -2.08. The minimum Gasteiger partial charge on any atom is -0.380 e. The summed E-state index contributed by atoms with van der Waals surface area (Å²) in [5.74, 6) is -1.08. The first-order valence-electron chi connectivity index (χ1n) is 5.01. The highest BCUT2D eigenvalue weighted by molar-refractivity contribution is 7.93. The molecule has 19 heavy (non-hydrogen) atoms. The SMILES string of the molecule is Cc1onc(N)c1S(=O)(=O)Nc1ccc(Cl)cc1F. The molecule has 0 saturated heterocycles. The van der Waals surface area contributed by atoms with E-state index in [-0.39, 0.29) is 27.2 Å². The van der Waals surface area contributed by atoms with Gasteiger partial charge in [-0.3, -0.25) is 4.72 Å². The van der Waals surface area contributed by atoms with Crippen LogP contribution in [0, 0.1) is 12.7 Å². The van der Waals surface area contributed by atoms with Gasteiger partial charge in [-0.25, -0.2) is 12.8 Å². The van der Waals surface area contributed by atoms with Crippen molar-refractivity contribution in [3.8, 4) is 0 Å². The van der Waals surface area contributed by atoms with Crippen molar-refractivity contribution in [3.05, 3.63) is 34.8 Å². The highest BCUT2D eigenvalue weighted by Gasteiger charge is 2.26. The molecule has 0 aliphatic carbocycles. The Hall–Kier alpha value is -1.80. The molecule has 0 bridgehead atoms.